The van der Waals surface area contributed by atoms with Crippen molar-refractivity contribution in [1.82, 2.24) is 21.5 Å². The monoisotopic (exact) mass is 258 g/mol. The molecule has 0 unspecified atom stereocenters. The molecule has 1 fully saturated rings. The average molecular weight is 258 g/mol. The second-order valence-electron chi connectivity index (χ2n) is 3.59. The summed E-state index contributed by atoms with van der Waals surface area (Å²) in [4.78, 5) is 11.1. The lowest BCUT2D eigenvalue weighted by molar-refractivity contribution is 0.114. The van der Waals surface area contributed by atoms with Gasteiger partial charge in [-0.25, -0.2) is 10.2 Å². The Morgan fingerprint density at radius 1 is 1.47 bits per heavy atom. The molecule has 96 valence electrons. The Morgan fingerprint density at radius 3 is 2.94 bits per heavy atom. The number of nitrogens with one attached hydrogen (secondary N) is 4. The van der Waals surface area contributed by atoms with Gasteiger partial charge in [0, 0.05) is 19.7 Å². The molecular weight excluding hydrogens is 240 g/mol. The summed E-state index contributed by atoms with van der Waals surface area (Å²) in [5, 5.41) is 5.88. The maximum absolute atomic E-state index is 11.1. The Balaban J connectivity index is 2.03. The minimum atomic E-state index is -0.355. The van der Waals surface area contributed by atoms with E-state index in [-0.39, 0.29) is 12.1 Å². The lowest BCUT2D eigenvalue weighted by atomic mass is 10.2. The number of amides is 2. The van der Waals surface area contributed by atoms with Gasteiger partial charge in [-0.15, -0.1) is 6.58 Å². The summed E-state index contributed by atoms with van der Waals surface area (Å²) in [7, 11) is 0. The largest absolute Gasteiger partial charge is 0.376 e. The summed E-state index contributed by atoms with van der Waals surface area (Å²) in [6.07, 6.45) is 3.94. The highest BCUT2D eigenvalue weighted by atomic mass is 32.1. The minimum absolute atomic E-state index is 0.212. The highest BCUT2D eigenvalue weighted by Gasteiger charge is 2.15. The Morgan fingerprint density at radius 2 is 2.29 bits per heavy atom. The van der Waals surface area contributed by atoms with Crippen molar-refractivity contribution in [2.45, 2.75) is 18.9 Å². The van der Waals surface area contributed by atoms with Crippen molar-refractivity contribution in [3.8, 4) is 0 Å². The molecule has 7 heteroatoms. The number of rotatable bonds is 4. The molecular formula is C10H18N4O2S. The van der Waals surface area contributed by atoms with Crippen molar-refractivity contribution in [3.63, 3.8) is 0 Å². The Bertz CT molecular complexity index is 279. The van der Waals surface area contributed by atoms with Crippen LogP contribution in [0.25, 0.3) is 0 Å². The van der Waals surface area contributed by atoms with Crippen LogP contribution in [0.4, 0.5) is 4.79 Å². The molecule has 0 aromatic heterocycles. The van der Waals surface area contributed by atoms with Crippen LogP contribution in [0.5, 0.6) is 0 Å². The molecule has 2 amide bonds. The maximum Gasteiger partial charge on any atom is 0.333 e. The lowest BCUT2D eigenvalue weighted by Gasteiger charge is -2.14. The molecule has 1 aliphatic rings. The van der Waals surface area contributed by atoms with Gasteiger partial charge in [-0.1, -0.05) is 6.08 Å². The van der Waals surface area contributed by atoms with Gasteiger partial charge in [-0.3, -0.25) is 5.43 Å². The number of hydrazine groups is 1. The van der Waals surface area contributed by atoms with Crippen molar-refractivity contribution in [3.05, 3.63) is 12.7 Å². The normalized spacial score (nSPS) is 18.2. The maximum atomic E-state index is 11.1. The average Bonchev–Trinajstić information content (AvgIpc) is 2.84. The van der Waals surface area contributed by atoms with Crippen LogP contribution in [0.1, 0.15) is 12.8 Å². The van der Waals surface area contributed by atoms with Gasteiger partial charge in [0.1, 0.15) is 0 Å². The number of thiocarbonyl (C=S) groups is 1. The molecule has 4 N–H and O–H groups in total. The van der Waals surface area contributed by atoms with Crippen molar-refractivity contribution in [2.24, 2.45) is 0 Å². The molecule has 0 aliphatic carbocycles. The van der Waals surface area contributed by atoms with Gasteiger partial charge >= 0.3 is 6.03 Å². The zero-order valence-electron chi connectivity index (χ0n) is 9.62. The van der Waals surface area contributed by atoms with E-state index in [0.29, 0.717) is 18.2 Å². The van der Waals surface area contributed by atoms with E-state index in [4.69, 9.17) is 17.0 Å². The lowest BCUT2D eigenvalue weighted by Crippen LogP contribution is -2.51. The summed E-state index contributed by atoms with van der Waals surface area (Å²) in [5.74, 6) is 0. The Labute approximate surface area is 106 Å². The molecule has 6 nitrogen and oxygen atoms in total. The Kier molecular flexibility index (Phi) is 6.34. The van der Waals surface area contributed by atoms with E-state index in [2.05, 4.69) is 28.1 Å². The van der Waals surface area contributed by atoms with Crippen molar-refractivity contribution < 1.29 is 9.53 Å². The first-order valence-corrected chi connectivity index (χ1v) is 5.93. The van der Waals surface area contributed by atoms with Gasteiger partial charge in [0.25, 0.3) is 0 Å². The van der Waals surface area contributed by atoms with Gasteiger partial charge < -0.3 is 15.4 Å². The molecule has 0 spiro atoms. The molecule has 1 heterocycles. The van der Waals surface area contributed by atoms with Crippen LogP contribution < -0.4 is 21.5 Å². The molecule has 0 aromatic rings. The molecule has 1 atom stereocenters. The third-order valence-corrected chi connectivity index (χ3v) is 2.46. The van der Waals surface area contributed by atoms with E-state index in [1.54, 1.807) is 6.08 Å². The van der Waals surface area contributed by atoms with Crippen molar-refractivity contribution >= 4 is 23.4 Å². The summed E-state index contributed by atoms with van der Waals surface area (Å²) >= 11 is 4.98. The van der Waals surface area contributed by atoms with Crippen LogP contribution in [0, 0.1) is 0 Å². The second-order valence-corrected chi connectivity index (χ2v) is 4.00. The number of carbonyl (C=O) groups is 1. The number of hydrogen-bond donors (Lipinski definition) is 4. The predicted molar refractivity (Wildman–Crippen MR) is 69.4 cm³/mol. The quantitative estimate of drug-likeness (QED) is 0.325. The van der Waals surface area contributed by atoms with Gasteiger partial charge in [-0.05, 0) is 25.1 Å². The van der Waals surface area contributed by atoms with E-state index >= 15 is 0 Å². The number of hydrogen-bond acceptors (Lipinski definition) is 3. The van der Waals surface area contributed by atoms with Gasteiger partial charge in [-0.2, -0.15) is 0 Å². The van der Waals surface area contributed by atoms with E-state index in [1.807, 2.05) is 0 Å². The number of carbonyl (C=O) groups excluding carboxylic acids is 1. The molecule has 1 saturated heterocycles. The van der Waals surface area contributed by atoms with Crippen molar-refractivity contribution in [1.29, 1.82) is 0 Å². The molecule has 1 aliphatic heterocycles. The fourth-order valence-corrected chi connectivity index (χ4v) is 1.51. The third kappa shape index (κ3) is 6.08. The Hall–Kier alpha value is -1.34. The number of urea groups is 1. The molecule has 0 aromatic carbocycles. The zero-order chi connectivity index (χ0) is 12.5. The first-order chi connectivity index (χ1) is 8.22. The number of ether oxygens (including phenoxy) is 1. The summed E-state index contributed by atoms with van der Waals surface area (Å²) in [6, 6.07) is -0.355. The minimum Gasteiger partial charge on any atom is -0.376 e. The molecule has 0 bridgehead atoms. The fourth-order valence-electron chi connectivity index (χ4n) is 1.38. The van der Waals surface area contributed by atoms with E-state index < -0.39 is 0 Å². The highest BCUT2D eigenvalue weighted by molar-refractivity contribution is 7.80. The highest BCUT2D eigenvalue weighted by Crippen LogP contribution is 2.10. The van der Waals surface area contributed by atoms with Crippen LogP contribution in [0.2, 0.25) is 0 Å². The fraction of sp³-hybridized carbons (Fsp3) is 0.600. The summed E-state index contributed by atoms with van der Waals surface area (Å²) in [6.45, 7) is 5.36. The summed E-state index contributed by atoms with van der Waals surface area (Å²) in [5.41, 5.74) is 4.98. The standard InChI is InChI=1S/C10H18N4O2S/c1-2-5-11-9(15)13-14-10(17)12-7-8-4-3-6-16-8/h2,8H,1,3-7H2,(H2,11,13,15)(H2,12,14,17)/t8-/m0/s1. The summed E-state index contributed by atoms with van der Waals surface area (Å²) < 4.78 is 5.42. The van der Waals surface area contributed by atoms with Gasteiger partial charge in [0.2, 0.25) is 0 Å². The van der Waals surface area contributed by atoms with E-state index in [0.717, 1.165) is 19.4 Å². The predicted octanol–water partition coefficient (Wildman–Crippen LogP) is 0.0297. The van der Waals surface area contributed by atoms with E-state index in [1.165, 1.54) is 0 Å². The first-order valence-electron chi connectivity index (χ1n) is 5.52. The zero-order valence-corrected chi connectivity index (χ0v) is 10.4. The first kappa shape index (κ1) is 13.7. The van der Waals surface area contributed by atoms with Crippen LogP contribution in [0.3, 0.4) is 0 Å². The topological polar surface area (TPSA) is 74.4 Å². The van der Waals surface area contributed by atoms with Crippen LogP contribution in [-0.2, 0) is 4.74 Å². The second kappa shape index (κ2) is 7.86. The van der Waals surface area contributed by atoms with Crippen LogP contribution >= 0.6 is 12.2 Å². The van der Waals surface area contributed by atoms with Gasteiger partial charge in [0.05, 0.1) is 6.10 Å². The third-order valence-electron chi connectivity index (χ3n) is 2.21. The smallest absolute Gasteiger partial charge is 0.333 e. The van der Waals surface area contributed by atoms with Crippen LogP contribution in [0.15, 0.2) is 12.7 Å². The molecule has 17 heavy (non-hydrogen) atoms. The van der Waals surface area contributed by atoms with Crippen LogP contribution in [-0.4, -0.2) is 36.9 Å². The van der Waals surface area contributed by atoms with E-state index in [9.17, 15) is 4.79 Å². The molecule has 0 radical (unpaired) electrons. The molecule has 0 saturated carbocycles. The molecule has 1 rings (SSSR count). The van der Waals surface area contributed by atoms with Gasteiger partial charge in [0.15, 0.2) is 5.11 Å². The SMILES string of the molecule is C=CCNC(=O)NNC(=S)NC[C@@H]1CCCO1. The van der Waals surface area contributed by atoms with Crippen molar-refractivity contribution in [2.75, 3.05) is 19.7 Å².